The van der Waals surface area contributed by atoms with Crippen molar-refractivity contribution in [1.29, 1.82) is 0 Å². The molecular formula is C27H24BrN3OS. The van der Waals surface area contributed by atoms with Gasteiger partial charge in [-0.1, -0.05) is 52.3 Å². The number of carbonyl (C=O) groups is 1. The minimum absolute atomic E-state index is 0.227. The van der Waals surface area contributed by atoms with Crippen LogP contribution in [0.4, 0.5) is 0 Å². The summed E-state index contributed by atoms with van der Waals surface area (Å²) in [6.45, 7) is 4.10. The number of hydrogen-bond donors (Lipinski definition) is 1. The van der Waals surface area contributed by atoms with E-state index in [4.69, 9.17) is 0 Å². The SMILES string of the molecule is Cc1cc(/C=N/NC(=O)c2ccc(CSc3ccccc3)cc2)c(C)n1-c1cccc(Br)c1. The Hall–Kier alpha value is -3.09. The zero-order valence-corrected chi connectivity index (χ0v) is 20.9. The number of aromatic nitrogens is 1. The maximum Gasteiger partial charge on any atom is 0.271 e. The maximum atomic E-state index is 12.5. The van der Waals surface area contributed by atoms with Crippen molar-refractivity contribution in [2.45, 2.75) is 24.5 Å². The summed E-state index contributed by atoms with van der Waals surface area (Å²) in [5.74, 6) is 0.631. The Kier molecular flexibility index (Phi) is 7.47. The van der Waals surface area contributed by atoms with Crippen LogP contribution in [0.2, 0.25) is 0 Å². The molecule has 1 aromatic heterocycles. The first kappa shape index (κ1) is 23.1. The van der Waals surface area contributed by atoms with Gasteiger partial charge < -0.3 is 4.57 Å². The van der Waals surface area contributed by atoms with Crippen molar-refractivity contribution in [2.75, 3.05) is 0 Å². The summed E-state index contributed by atoms with van der Waals surface area (Å²) < 4.78 is 3.19. The number of halogens is 1. The molecule has 4 aromatic rings. The molecule has 0 unspecified atom stereocenters. The number of nitrogens with zero attached hydrogens (tertiary/aromatic N) is 2. The van der Waals surface area contributed by atoms with Crippen LogP contribution in [0, 0.1) is 13.8 Å². The number of rotatable bonds is 7. The van der Waals surface area contributed by atoms with E-state index in [0.717, 1.165) is 32.9 Å². The second-order valence-corrected chi connectivity index (χ2v) is 9.60. The van der Waals surface area contributed by atoms with Gasteiger partial charge >= 0.3 is 0 Å². The standard InChI is InChI=1S/C27H24BrN3OS/c1-19-15-23(20(2)31(19)25-8-6-7-24(28)16-25)17-29-30-27(32)22-13-11-21(12-14-22)18-33-26-9-4-3-5-10-26/h3-17H,18H2,1-2H3,(H,30,32)/b29-17+. The average Bonchev–Trinajstić information content (AvgIpc) is 3.11. The van der Waals surface area contributed by atoms with E-state index in [1.807, 2.05) is 61.5 Å². The van der Waals surface area contributed by atoms with Crippen LogP contribution in [0.25, 0.3) is 5.69 Å². The van der Waals surface area contributed by atoms with Gasteiger partial charge in [0.25, 0.3) is 5.91 Å². The monoisotopic (exact) mass is 517 g/mol. The largest absolute Gasteiger partial charge is 0.318 e. The summed E-state index contributed by atoms with van der Waals surface area (Å²) in [6.07, 6.45) is 1.69. The van der Waals surface area contributed by atoms with Crippen LogP contribution in [0.1, 0.15) is 32.9 Å². The lowest BCUT2D eigenvalue weighted by atomic mass is 10.1. The van der Waals surface area contributed by atoms with Gasteiger partial charge in [-0.2, -0.15) is 5.10 Å². The minimum Gasteiger partial charge on any atom is -0.318 e. The van der Waals surface area contributed by atoms with Crippen molar-refractivity contribution in [1.82, 2.24) is 9.99 Å². The first-order valence-corrected chi connectivity index (χ1v) is 12.3. The Bertz CT molecular complexity index is 1280. The van der Waals surface area contributed by atoms with Crippen LogP contribution in [0.15, 0.2) is 99.4 Å². The molecule has 33 heavy (non-hydrogen) atoms. The molecule has 4 nitrogen and oxygen atoms in total. The molecule has 166 valence electrons. The molecule has 1 N–H and O–H groups in total. The Morgan fingerprint density at radius 2 is 1.76 bits per heavy atom. The van der Waals surface area contributed by atoms with Gasteiger partial charge in [-0.25, -0.2) is 5.43 Å². The molecule has 0 aliphatic carbocycles. The molecule has 1 heterocycles. The number of aryl methyl sites for hydroxylation is 1. The summed E-state index contributed by atoms with van der Waals surface area (Å²) >= 11 is 5.30. The fourth-order valence-corrected chi connectivity index (χ4v) is 4.85. The Labute approximate surface area is 206 Å². The fourth-order valence-electron chi connectivity index (χ4n) is 3.59. The number of benzene rings is 3. The van der Waals surface area contributed by atoms with E-state index in [1.54, 1.807) is 18.0 Å². The molecule has 0 radical (unpaired) electrons. The van der Waals surface area contributed by atoms with Crippen LogP contribution in [-0.4, -0.2) is 16.7 Å². The van der Waals surface area contributed by atoms with Gasteiger partial charge in [0, 0.05) is 43.3 Å². The zero-order chi connectivity index (χ0) is 23.2. The van der Waals surface area contributed by atoms with Gasteiger partial charge in [0.15, 0.2) is 0 Å². The number of thioether (sulfide) groups is 1. The lowest BCUT2D eigenvalue weighted by Gasteiger charge is -2.09. The number of hydrazone groups is 1. The minimum atomic E-state index is -0.227. The highest BCUT2D eigenvalue weighted by Gasteiger charge is 2.10. The Balaban J connectivity index is 1.38. The highest BCUT2D eigenvalue weighted by Crippen LogP contribution is 2.23. The van der Waals surface area contributed by atoms with Crippen LogP contribution in [0.5, 0.6) is 0 Å². The van der Waals surface area contributed by atoms with E-state index in [9.17, 15) is 4.79 Å². The van der Waals surface area contributed by atoms with Crippen molar-refractivity contribution in [3.05, 3.63) is 117 Å². The highest BCUT2D eigenvalue weighted by atomic mass is 79.9. The predicted molar refractivity (Wildman–Crippen MR) is 140 cm³/mol. The number of carbonyl (C=O) groups excluding carboxylic acids is 1. The van der Waals surface area contributed by atoms with Crippen LogP contribution in [-0.2, 0) is 5.75 Å². The van der Waals surface area contributed by atoms with Crippen LogP contribution < -0.4 is 5.43 Å². The van der Waals surface area contributed by atoms with Gasteiger partial charge in [0.05, 0.1) is 6.21 Å². The second kappa shape index (κ2) is 10.7. The maximum absolute atomic E-state index is 12.5. The molecule has 4 rings (SSSR count). The normalized spacial score (nSPS) is 11.1. The first-order valence-electron chi connectivity index (χ1n) is 10.6. The second-order valence-electron chi connectivity index (χ2n) is 7.64. The van der Waals surface area contributed by atoms with E-state index >= 15 is 0 Å². The van der Waals surface area contributed by atoms with Crippen LogP contribution >= 0.6 is 27.7 Å². The summed E-state index contributed by atoms with van der Waals surface area (Å²) in [4.78, 5) is 13.7. The fraction of sp³-hybridized carbons (Fsp3) is 0.111. The topological polar surface area (TPSA) is 46.4 Å². The Morgan fingerprint density at radius 3 is 2.48 bits per heavy atom. The highest BCUT2D eigenvalue weighted by molar-refractivity contribution is 9.10. The molecule has 0 atom stereocenters. The third kappa shape index (κ3) is 5.83. The summed E-state index contributed by atoms with van der Waals surface area (Å²) in [6, 6.07) is 28.1. The lowest BCUT2D eigenvalue weighted by molar-refractivity contribution is 0.0955. The smallest absolute Gasteiger partial charge is 0.271 e. The van der Waals surface area contributed by atoms with E-state index in [0.29, 0.717) is 5.56 Å². The Morgan fingerprint density at radius 1 is 1.00 bits per heavy atom. The van der Waals surface area contributed by atoms with Crippen molar-refractivity contribution in [3.63, 3.8) is 0 Å². The molecule has 1 amide bonds. The molecular weight excluding hydrogens is 494 g/mol. The third-order valence-electron chi connectivity index (χ3n) is 5.27. The molecule has 0 aliphatic rings. The van der Waals surface area contributed by atoms with Crippen molar-refractivity contribution in [2.24, 2.45) is 5.10 Å². The van der Waals surface area contributed by atoms with E-state index in [2.05, 4.69) is 68.3 Å². The molecule has 0 aliphatic heterocycles. The van der Waals surface area contributed by atoms with E-state index in [1.165, 1.54) is 10.5 Å². The molecule has 6 heteroatoms. The predicted octanol–water partition coefficient (Wildman–Crippen LogP) is 6.91. The van der Waals surface area contributed by atoms with Crippen LogP contribution in [0.3, 0.4) is 0 Å². The summed E-state index contributed by atoms with van der Waals surface area (Å²) in [7, 11) is 0. The quantitative estimate of drug-likeness (QED) is 0.164. The first-order chi connectivity index (χ1) is 16.0. The summed E-state index contributed by atoms with van der Waals surface area (Å²) in [5.41, 5.74) is 8.59. The van der Waals surface area contributed by atoms with Gasteiger partial charge in [0.2, 0.25) is 0 Å². The van der Waals surface area contributed by atoms with Crippen molar-refractivity contribution >= 4 is 39.8 Å². The molecule has 3 aromatic carbocycles. The zero-order valence-electron chi connectivity index (χ0n) is 18.5. The number of amides is 1. The van der Waals surface area contributed by atoms with Crippen molar-refractivity contribution < 1.29 is 4.79 Å². The van der Waals surface area contributed by atoms with Gasteiger partial charge in [0.1, 0.15) is 0 Å². The van der Waals surface area contributed by atoms with Gasteiger partial charge in [-0.15, -0.1) is 11.8 Å². The number of hydrogen-bond acceptors (Lipinski definition) is 3. The third-order valence-corrected chi connectivity index (χ3v) is 6.85. The van der Waals surface area contributed by atoms with E-state index < -0.39 is 0 Å². The molecule has 0 bridgehead atoms. The van der Waals surface area contributed by atoms with Gasteiger partial charge in [-0.05, 0) is 67.9 Å². The molecule has 0 saturated heterocycles. The van der Waals surface area contributed by atoms with Crippen molar-refractivity contribution in [3.8, 4) is 5.69 Å². The number of nitrogens with one attached hydrogen (secondary N) is 1. The molecule has 0 saturated carbocycles. The molecule has 0 fully saturated rings. The van der Waals surface area contributed by atoms with Gasteiger partial charge in [-0.3, -0.25) is 4.79 Å². The molecule has 0 spiro atoms. The lowest BCUT2D eigenvalue weighted by Crippen LogP contribution is -2.17. The van der Waals surface area contributed by atoms with E-state index in [-0.39, 0.29) is 5.91 Å². The average molecular weight is 518 g/mol. The summed E-state index contributed by atoms with van der Waals surface area (Å²) in [5, 5.41) is 4.19.